The molecule has 2 heterocycles. The van der Waals surface area contributed by atoms with Gasteiger partial charge >= 0.3 is 0 Å². The third-order valence-electron chi connectivity index (χ3n) is 4.74. The molecule has 154 valence electrons. The lowest BCUT2D eigenvalue weighted by atomic mass is 10.1. The molecule has 0 aliphatic heterocycles. The number of hydrogen-bond donors (Lipinski definition) is 1. The third kappa shape index (κ3) is 5.05. The maximum atomic E-state index is 12.4. The van der Waals surface area contributed by atoms with Gasteiger partial charge in [-0.05, 0) is 48.0 Å². The summed E-state index contributed by atoms with van der Waals surface area (Å²) in [5, 5.41) is 7.62. The van der Waals surface area contributed by atoms with E-state index in [9.17, 15) is 4.79 Å². The number of nitrogens with zero attached hydrogens (tertiary/aromatic N) is 3. The molecule has 0 saturated heterocycles. The topological polar surface area (TPSA) is 69.0 Å². The third-order valence-corrected chi connectivity index (χ3v) is 4.74. The highest BCUT2D eigenvalue weighted by molar-refractivity contribution is 5.92. The first kappa shape index (κ1) is 20.1. The van der Waals surface area contributed by atoms with E-state index in [4.69, 9.17) is 9.84 Å². The van der Waals surface area contributed by atoms with Crippen molar-refractivity contribution in [3.05, 3.63) is 103 Å². The van der Waals surface area contributed by atoms with Gasteiger partial charge in [0.25, 0.3) is 0 Å². The zero-order chi connectivity index (χ0) is 21.5. The maximum Gasteiger partial charge on any atom is 0.244 e. The molecule has 0 saturated carbocycles. The Balaban J connectivity index is 1.52. The highest BCUT2D eigenvalue weighted by Gasteiger charge is 2.11. The van der Waals surface area contributed by atoms with Crippen LogP contribution in [0.4, 0.5) is 0 Å². The Bertz CT molecular complexity index is 1170. The van der Waals surface area contributed by atoms with Gasteiger partial charge in [-0.2, -0.15) is 5.10 Å². The fourth-order valence-corrected chi connectivity index (χ4v) is 3.11. The number of para-hydroxylation sites is 1. The molecule has 1 amide bonds. The van der Waals surface area contributed by atoms with Crippen LogP contribution >= 0.6 is 0 Å². The van der Waals surface area contributed by atoms with Crippen molar-refractivity contribution < 1.29 is 9.53 Å². The Labute approximate surface area is 180 Å². The highest BCUT2D eigenvalue weighted by Crippen LogP contribution is 2.24. The zero-order valence-electron chi connectivity index (χ0n) is 17.1. The summed E-state index contributed by atoms with van der Waals surface area (Å²) in [5.41, 5.74) is 4.41. The summed E-state index contributed by atoms with van der Waals surface area (Å²) in [6.07, 6.45) is 8.69. The molecule has 0 aliphatic carbocycles. The SMILES string of the molecule is COc1ccc(CNC(=O)/C=C/c2cn(-c3ccccc3)nc2-c2cccnc2)cc1. The first-order valence-electron chi connectivity index (χ1n) is 9.87. The summed E-state index contributed by atoms with van der Waals surface area (Å²) in [4.78, 5) is 16.6. The van der Waals surface area contributed by atoms with Crippen molar-refractivity contribution in [2.45, 2.75) is 6.54 Å². The number of rotatable bonds is 7. The summed E-state index contributed by atoms with van der Waals surface area (Å²) >= 11 is 0. The molecular weight excluding hydrogens is 388 g/mol. The minimum atomic E-state index is -0.180. The van der Waals surface area contributed by atoms with Gasteiger partial charge in [-0.3, -0.25) is 9.78 Å². The Morgan fingerprint density at radius 1 is 1.06 bits per heavy atom. The van der Waals surface area contributed by atoms with Crippen molar-refractivity contribution in [2.24, 2.45) is 0 Å². The molecule has 4 aromatic rings. The Kier molecular flexibility index (Phi) is 6.18. The van der Waals surface area contributed by atoms with Crippen LogP contribution in [0, 0.1) is 0 Å². The van der Waals surface area contributed by atoms with E-state index < -0.39 is 0 Å². The van der Waals surface area contributed by atoms with Crippen LogP contribution in [0.2, 0.25) is 0 Å². The van der Waals surface area contributed by atoms with Gasteiger partial charge in [0, 0.05) is 42.3 Å². The van der Waals surface area contributed by atoms with E-state index in [1.165, 1.54) is 6.08 Å². The molecular formula is C25H22N4O2. The molecule has 2 aromatic carbocycles. The van der Waals surface area contributed by atoms with Crippen LogP contribution in [0.3, 0.4) is 0 Å². The quantitative estimate of drug-likeness (QED) is 0.462. The lowest BCUT2D eigenvalue weighted by Gasteiger charge is -2.04. The van der Waals surface area contributed by atoms with Gasteiger partial charge in [0.15, 0.2) is 0 Å². The van der Waals surface area contributed by atoms with Crippen LogP contribution in [0.1, 0.15) is 11.1 Å². The summed E-state index contributed by atoms with van der Waals surface area (Å²) < 4.78 is 6.96. The van der Waals surface area contributed by atoms with E-state index in [0.29, 0.717) is 6.54 Å². The second kappa shape index (κ2) is 9.54. The van der Waals surface area contributed by atoms with Gasteiger partial charge in [-0.1, -0.05) is 30.3 Å². The molecule has 6 heteroatoms. The van der Waals surface area contributed by atoms with E-state index in [2.05, 4.69) is 10.3 Å². The number of ether oxygens (including phenoxy) is 1. The molecule has 6 nitrogen and oxygen atoms in total. The number of pyridine rings is 1. The molecule has 1 N–H and O–H groups in total. The van der Waals surface area contributed by atoms with Gasteiger partial charge in [-0.15, -0.1) is 0 Å². The number of amides is 1. The lowest BCUT2D eigenvalue weighted by Crippen LogP contribution is -2.20. The standard InChI is InChI=1S/C25H22N4O2/c1-31-23-12-9-19(10-13-23)16-27-24(30)14-11-21-18-29(22-7-3-2-4-8-22)28-25(21)20-6-5-15-26-17-20/h2-15,17-18H,16H2,1H3,(H,27,30)/b14-11+. The average molecular weight is 410 g/mol. The van der Waals surface area contributed by atoms with E-state index in [0.717, 1.165) is 33.8 Å². The van der Waals surface area contributed by atoms with Crippen LogP contribution in [0.15, 0.2) is 91.4 Å². The van der Waals surface area contributed by atoms with Crippen LogP contribution in [-0.4, -0.2) is 27.8 Å². The smallest absolute Gasteiger partial charge is 0.244 e. The monoisotopic (exact) mass is 410 g/mol. The molecule has 2 aromatic heterocycles. The molecule has 0 fully saturated rings. The maximum absolute atomic E-state index is 12.4. The van der Waals surface area contributed by atoms with Crippen LogP contribution in [0.25, 0.3) is 23.0 Å². The molecule has 0 radical (unpaired) electrons. The predicted molar refractivity (Wildman–Crippen MR) is 121 cm³/mol. The molecule has 0 spiro atoms. The van der Waals surface area contributed by atoms with Crippen LogP contribution < -0.4 is 10.1 Å². The Morgan fingerprint density at radius 3 is 2.58 bits per heavy atom. The Morgan fingerprint density at radius 2 is 1.87 bits per heavy atom. The first-order chi connectivity index (χ1) is 15.2. The number of benzene rings is 2. The largest absolute Gasteiger partial charge is 0.497 e. The molecule has 0 unspecified atom stereocenters. The summed E-state index contributed by atoms with van der Waals surface area (Å²) in [5.74, 6) is 0.605. The number of hydrogen-bond acceptors (Lipinski definition) is 4. The van der Waals surface area contributed by atoms with Crippen molar-refractivity contribution in [3.8, 4) is 22.7 Å². The number of aromatic nitrogens is 3. The van der Waals surface area contributed by atoms with Crippen molar-refractivity contribution in [3.63, 3.8) is 0 Å². The number of carbonyl (C=O) groups excluding carboxylic acids is 1. The van der Waals surface area contributed by atoms with Gasteiger partial charge in [-0.25, -0.2) is 4.68 Å². The minimum Gasteiger partial charge on any atom is -0.497 e. The zero-order valence-corrected chi connectivity index (χ0v) is 17.1. The van der Waals surface area contributed by atoms with E-state index in [1.54, 1.807) is 30.3 Å². The Hall–Kier alpha value is -4.19. The highest BCUT2D eigenvalue weighted by atomic mass is 16.5. The first-order valence-corrected chi connectivity index (χ1v) is 9.87. The number of carbonyl (C=O) groups is 1. The van der Waals surface area contributed by atoms with Crippen molar-refractivity contribution >= 4 is 12.0 Å². The fraction of sp³-hybridized carbons (Fsp3) is 0.0800. The van der Waals surface area contributed by atoms with E-state index >= 15 is 0 Å². The summed E-state index contributed by atoms with van der Waals surface area (Å²) in [7, 11) is 1.63. The second-order valence-electron chi connectivity index (χ2n) is 6.85. The minimum absolute atomic E-state index is 0.180. The molecule has 4 rings (SSSR count). The molecule has 31 heavy (non-hydrogen) atoms. The van der Waals surface area contributed by atoms with Gasteiger partial charge in [0.1, 0.15) is 11.4 Å². The predicted octanol–water partition coefficient (Wildman–Crippen LogP) is 4.27. The van der Waals surface area contributed by atoms with Crippen LogP contribution in [0.5, 0.6) is 5.75 Å². The lowest BCUT2D eigenvalue weighted by molar-refractivity contribution is -0.116. The normalized spacial score (nSPS) is 10.9. The van der Waals surface area contributed by atoms with Crippen molar-refractivity contribution in [2.75, 3.05) is 7.11 Å². The molecule has 0 atom stereocenters. The molecule has 0 aliphatic rings. The number of nitrogens with one attached hydrogen (secondary N) is 1. The van der Waals surface area contributed by atoms with E-state index in [1.807, 2.05) is 72.9 Å². The fourth-order valence-electron chi connectivity index (χ4n) is 3.11. The summed E-state index contributed by atoms with van der Waals surface area (Å²) in [6, 6.07) is 21.3. The average Bonchev–Trinajstić information content (AvgIpc) is 3.27. The van der Waals surface area contributed by atoms with Crippen molar-refractivity contribution in [1.29, 1.82) is 0 Å². The van der Waals surface area contributed by atoms with E-state index in [-0.39, 0.29) is 5.91 Å². The van der Waals surface area contributed by atoms with Gasteiger partial charge in [0.05, 0.1) is 12.8 Å². The number of methoxy groups -OCH3 is 1. The van der Waals surface area contributed by atoms with Gasteiger partial charge in [0.2, 0.25) is 5.91 Å². The van der Waals surface area contributed by atoms with Crippen molar-refractivity contribution in [1.82, 2.24) is 20.1 Å². The van der Waals surface area contributed by atoms with Gasteiger partial charge < -0.3 is 10.1 Å². The second-order valence-corrected chi connectivity index (χ2v) is 6.85. The summed E-state index contributed by atoms with van der Waals surface area (Å²) in [6.45, 7) is 0.436. The molecule has 0 bridgehead atoms. The van der Waals surface area contributed by atoms with Crippen LogP contribution in [-0.2, 0) is 11.3 Å².